The van der Waals surface area contributed by atoms with Crippen LogP contribution in [0.25, 0.3) is 0 Å². The van der Waals surface area contributed by atoms with Gasteiger partial charge in [0.2, 0.25) is 76.8 Å². The maximum atomic E-state index is 15.0. The number of aliphatic carboxylic acids is 1. The van der Waals surface area contributed by atoms with Gasteiger partial charge in [0, 0.05) is 6.54 Å². The van der Waals surface area contributed by atoms with Crippen molar-refractivity contribution in [3.05, 3.63) is 12.2 Å². The molecule has 113 heavy (non-hydrogen) atoms. The smallest absolute Gasteiger partial charge is 0.326 e. The summed E-state index contributed by atoms with van der Waals surface area (Å²) in [6, 6.07) is -15.9. The van der Waals surface area contributed by atoms with Gasteiger partial charge in [-0.05, 0) is 249 Å². The number of fused-ring (bicyclic) bond motifs is 1. The SMILES string of the molecule is CC(C)C[C@H](NC(=O)[C@H](CCCCN)NC(=O)[C@H](CC(C)C)NC(=O)[C@H](CCCCN)NC(=O)[C@@H]1CCC/C=C/CC[C@H](NC(=O)[C@H](CCCCN)NC(=O)[C@H](CC(C)C)NC(=O)[C@H](CCCCN)NC(=O)[C@@H](N)CC(C)C)C(=O)N[C@@H](CCCCN)C(=O)N2CCC[C@@H]2C(=O)NCC(=O)N[C@@H](CCCCN)C(=O)N1)C(=O)O. The van der Waals surface area contributed by atoms with Crippen molar-refractivity contribution in [2.45, 2.75) is 320 Å². The lowest BCUT2D eigenvalue weighted by molar-refractivity contribution is -0.143. The summed E-state index contributed by atoms with van der Waals surface area (Å²) in [7, 11) is 0. The Labute approximate surface area is 669 Å². The Morgan fingerprint density at radius 1 is 0.434 bits per heavy atom. The van der Waals surface area contributed by atoms with Crippen molar-refractivity contribution in [3.63, 3.8) is 0 Å². The van der Waals surface area contributed by atoms with Gasteiger partial charge in [-0.3, -0.25) is 62.3 Å². The van der Waals surface area contributed by atoms with Crippen LogP contribution < -0.4 is 104 Å². The lowest BCUT2D eigenvalue weighted by Crippen LogP contribution is -2.60. The van der Waals surface area contributed by atoms with Crippen molar-refractivity contribution in [2.75, 3.05) is 52.4 Å². The highest BCUT2D eigenvalue weighted by Gasteiger charge is 2.41. The molecule has 0 aliphatic carbocycles. The van der Waals surface area contributed by atoms with E-state index in [9.17, 15) is 72.2 Å². The number of hydrogen-bond donors (Lipinski definition) is 20. The molecule has 0 saturated carbocycles. The topological polar surface area (TPSA) is 589 Å². The second kappa shape index (κ2) is 57.1. The number of nitrogens with zero attached hydrogens (tertiary/aromatic N) is 1. The van der Waals surface area contributed by atoms with Gasteiger partial charge in [0.1, 0.15) is 72.5 Å². The number of carbonyl (C=O) groups excluding carboxylic acids is 13. The number of hydrogen-bond acceptors (Lipinski definition) is 21. The van der Waals surface area contributed by atoms with E-state index in [1.807, 2.05) is 41.5 Å². The van der Waals surface area contributed by atoms with Crippen LogP contribution >= 0.6 is 0 Å². The molecule has 35 nitrogen and oxygen atoms in total. The van der Waals surface area contributed by atoms with Gasteiger partial charge in [0.15, 0.2) is 0 Å². The molecule has 646 valence electrons. The minimum Gasteiger partial charge on any atom is -0.480 e. The summed E-state index contributed by atoms with van der Waals surface area (Å²) in [6.45, 7) is 15.9. The third kappa shape index (κ3) is 40.8. The van der Waals surface area contributed by atoms with E-state index in [0.29, 0.717) is 96.4 Å². The van der Waals surface area contributed by atoms with E-state index in [1.54, 1.807) is 26.0 Å². The highest BCUT2D eigenvalue weighted by Crippen LogP contribution is 2.22. The van der Waals surface area contributed by atoms with E-state index >= 15 is 0 Å². The van der Waals surface area contributed by atoms with Crippen molar-refractivity contribution in [1.29, 1.82) is 0 Å². The van der Waals surface area contributed by atoms with Gasteiger partial charge in [0.05, 0.1) is 12.6 Å². The van der Waals surface area contributed by atoms with Gasteiger partial charge in [-0.1, -0.05) is 67.5 Å². The molecule has 13 atom stereocenters. The molecule has 0 spiro atoms. The monoisotopic (exact) mass is 1600 g/mol. The van der Waals surface area contributed by atoms with E-state index in [4.69, 9.17) is 40.1 Å². The van der Waals surface area contributed by atoms with Crippen LogP contribution in [0.1, 0.15) is 242 Å². The predicted molar refractivity (Wildman–Crippen MR) is 432 cm³/mol. The molecule has 0 aromatic carbocycles. The summed E-state index contributed by atoms with van der Waals surface area (Å²) in [5.41, 5.74) is 41.4. The molecular weight excluding hydrogens is 1460 g/mol. The number of carboxylic acids is 1. The zero-order chi connectivity index (χ0) is 84.5. The molecule has 0 aromatic rings. The molecule has 0 radical (unpaired) electrons. The highest BCUT2D eigenvalue weighted by atomic mass is 16.4. The fourth-order valence-corrected chi connectivity index (χ4v) is 13.5. The molecule has 1 fully saturated rings. The highest BCUT2D eigenvalue weighted by molar-refractivity contribution is 6.00. The summed E-state index contributed by atoms with van der Waals surface area (Å²) < 4.78 is 0. The Bertz CT molecular complexity index is 2980. The van der Waals surface area contributed by atoms with E-state index < -0.39 is 168 Å². The van der Waals surface area contributed by atoms with E-state index in [0.717, 1.165) is 0 Å². The first kappa shape index (κ1) is 101. The number of rotatable bonds is 49. The molecule has 35 heteroatoms. The Morgan fingerprint density at radius 3 is 1.31 bits per heavy atom. The van der Waals surface area contributed by atoms with E-state index in [-0.39, 0.29) is 159 Å². The summed E-state index contributed by atoms with van der Waals surface area (Å²) >= 11 is 0. The number of nitrogens with two attached hydrogens (primary N) is 7. The number of carboxylic acid groups (broad SMARTS) is 1. The van der Waals surface area contributed by atoms with E-state index in [1.165, 1.54) is 4.90 Å². The number of carbonyl (C=O) groups is 14. The molecule has 0 bridgehead atoms. The largest absolute Gasteiger partial charge is 0.480 e. The molecule has 2 aliphatic rings. The maximum Gasteiger partial charge on any atom is 0.326 e. The number of unbranched alkanes of at least 4 members (excludes halogenated alkanes) is 6. The Morgan fingerprint density at radius 2 is 0.841 bits per heavy atom. The van der Waals surface area contributed by atoms with Gasteiger partial charge in [-0.25, -0.2) is 4.79 Å². The maximum absolute atomic E-state index is 15.0. The Kier molecular flexibility index (Phi) is 51.1. The zero-order valence-corrected chi connectivity index (χ0v) is 68.8. The van der Waals surface area contributed by atoms with Crippen LogP contribution in [-0.2, 0) is 67.1 Å². The quantitative estimate of drug-likeness (QED) is 0.0265. The normalized spacial score (nSPS) is 20.2. The standard InChI is InChI=1S/C78H144N20O15/c1-48(2)43-52(85)66(100)88-54(30-15-21-37-80)71(105)95-61(44-49(3)4)74(108)92-57(31-16-22-38-81)69(103)90-56-28-13-11-9-10-12-27-55(89-67(101)53(29-14-20-36-79)87-65(99)47-86-76(110)64-35-26-42-98(64)77(111)60(94-70(56)104)34-19-25-41-84)68(102)91-58(32-17-23-39-82)72(106)96-62(45-50(5)6)75(109)93-59(33-18-24-40-83)73(107)97-63(78(112)113)46-51(7)8/h9,11,48-64H,10,12-47,79-85H2,1-8H3,(H,86,110)(H,87,99)(H,88,100)(H,89,101)(H,90,103)(H,91,102)(H,92,108)(H,93,109)(H,94,104)(H,95,105)(H,96,106)(H,97,107)(H,112,113)/b11-9+/t52-,53-,54-,55-,56-,57-,58-,59-,60-,61-,62-,63-,64+/m0/s1. The second-order valence-corrected chi connectivity index (χ2v) is 31.8. The molecule has 27 N–H and O–H groups in total. The lowest BCUT2D eigenvalue weighted by Gasteiger charge is -2.30. The van der Waals surface area contributed by atoms with Gasteiger partial charge in [-0.15, -0.1) is 0 Å². The average Bonchev–Trinajstić information content (AvgIpc) is 1.73. The second-order valence-electron chi connectivity index (χ2n) is 31.8. The lowest BCUT2D eigenvalue weighted by atomic mass is 10.00. The van der Waals surface area contributed by atoms with E-state index in [2.05, 4.69) is 63.8 Å². The first-order chi connectivity index (χ1) is 53.7. The summed E-state index contributed by atoms with van der Waals surface area (Å²) in [5, 5.41) is 43.1. The summed E-state index contributed by atoms with van der Waals surface area (Å²) in [5.74, 6) is -11.0. The molecule has 0 aromatic heterocycles. The Balaban J connectivity index is 2.80. The third-order valence-corrected chi connectivity index (χ3v) is 19.7. The van der Waals surface area contributed by atoms with Gasteiger partial charge in [0.25, 0.3) is 0 Å². The average molecular weight is 1600 g/mol. The van der Waals surface area contributed by atoms with Crippen LogP contribution in [0.5, 0.6) is 0 Å². The molecule has 2 aliphatic heterocycles. The molecule has 13 amide bonds. The number of amides is 13. The molecular formula is C78H144N20O15. The first-order valence-corrected chi connectivity index (χ1v) is 41.5. The molecule has 1 saturated heterocycles. The minimum atomic E-state index is -1.37. The zero-order valence-electron chi connectivity index (χ0n) is 68.8. The molecule has 2 rings (SSSR count). The summed E-state index contributed by atoms with van der Waals surface area (Å²) in [4.78, 5) is 201. The minimum absolute atomic E-state index is 0.0206. The van der Waals surface area contributed by atoms with Crippen LogP contribution in [-0.4, -0.2) is 224 Å². The van der Waals surface area contributed by atoms with Gasteiger partial charge >= 0.3 is 5.97 Å². The van der Waals surface area contributed by atoms with Crippen molar-refractivity contribution in [1.82, 2.24) is 68.7 Å². The number of allylic oxidation sites excluding steroid dienone is 2. The number of nitrogens with one attached hydrogen (secondary N) is 12. The fraction of sp³-hybridized carbons (Fsp3) is 0.795. The third-order valence-electron chi connectivity index (χ3n) is 19.7. The van der Waals surface area contributed by atoms with Crippen LogP contribution in [0.15, 0.2) is 12.2 Å². The van der Waals surface area contributed by atoms with Gasteiger partial charge < -0.3 is 114 Å². The van der Waals surface area contributed by atoms with Crippen molar-refractivity contribution >= 4 is 82.8 Å². The van der Waals surface area contributed by atoms with Crippen molar-refractivity contribution in [2.24, 2.45) is 63.8 Å². The molecule has 0 unspecified atom stereocenters. The van der Waals surface area contributed by atoms with Crippen LogP contribution in [0.3, 0.4) is 0 Å². The Hall–Kier alpha value is -7.96. The van der Waals surface area contributed by atoms with Crippen LogP contribution in [0.4, 0.5) is 0 Å². The van der Waals surface area contributed by atoms with Gasteiger partial charge in [-0.2, -0.15) is 0 Å². The van der Waals surface area contributed by atoms with Crippen LogP contribution in [0.2, 0.25) is 0 Å². The van der Waals surface area contributed by atoms with Crippen LogP contribution in [0, 0.1) is 23.7 Å². The van der Waals surface area contributed by atoms with Crippen molar-refractivity contribution in [3.8, 4) is 0 Å². The first-order valence-electron chi connectivity index (χ1n) is 41.5. The van der Waals surface area contributed by atoms with Crippen molar-refractivity contribution < 1.29 is 72.2 Å². The fourth-order valence-electron chi connectivity index (χ4n) is 13.5. The predicted octanol–water partition coefficient (Wildman–Crippen LogP) is -0.683. The molecule has 2 heterocycles. The summed E-state index contributed by atoms with van der Waals surface area (Å²) in [6.07, 6.45) is 10.9.